The van der Waals surface area contributed by atoms with E-state index in [4.69, 9.17) is 23.2 Å². The van der Waals surface area contributed by atoms with Crippen LogP contribution < -0.4 is 5.32 Å². The summed E-state index contributed by atoms with van der Waals surface area (Å²) in [6.07, 6.45) is 0.758. The molecule has 2 rings (SSSR count). The molecule has 1 amide bonds. The molecule has 0 aliphatic rings. The number of thioether (sulfide) groups is 1. The number of carbonyl (C=O) groups is 1. The van der Waals surface area contributed by atoms with Gasteiger partial charge in [0, 0.05) is 10.8 Å². The largest absolute Gasteiger partial charge is 0.324 e. The third-order valence-electron chi connectivity index (χ3n) is 3.15. The van der Waals surface area contributed by atoms with Crippen molar-refractivity contribution in [3.05, 3.63) is 64.1 Å². The number of benzene rings is 2. The normalized spacial score (nSPS) is 12.0. The van der Waals surface area contributed by atoms with E-state index >= 15 is 0 Å². The first kappa shape index (κ1) is 17.2. The second kappa shape index (κ2) is 8.47. The van der Waals surface area contributed by atoms with E-state index < -0.39 is 0 Å². The quantitative estimate of drug-likeness (QED) is 0.727. The van der Waals surface area contributed by atoms with Gasteiger partial charge in [-0.05, 0) is 30.2 Å². The van der Waals surface area contributed by atoms with Crippen LogP contribution in [0.4, 0.5) is 5.69 Å². The SMILES string of the molecule is CCC(SCc1ccccc1)C(=O)Nc1ccc(Cl)cc1Cl. The molecule has 0 aromatic heterocycles. The molecule has 0 fully saturated rings. The first-order valence-electron chi connectivity index (χ1n) is 7.01. The number of carbonyl (C=O) groups excluding carboxylic acids is 1. The predicted molar refractivity (Wildman–Crippen MR) is 96.9 cm³/mol. The fourth-order valence-electron chi connectivity index (χ4n) is 1.95. The summed E-state index contributed by atoms with van der Waals surface area (Å²) in [6, 6.07) is 15.2. The van der Waals surface area contributed by atoms with Crippen LogP contribution in [0.1, 0.15) is 18.9 Å². The third-order valence-corrected chi connectivity index (χ3v) is 5.14. The molecule has 0 bridgehead atoms. The Bertz CT molecular complexity index is 634. The van der Waals surface area contributed by atoms with Crippen molar-refractivity contribution in [3.8, 4) is 0 Å². The lowest BCUT2D eigenvalue weighted by molar-refractivity contribution is -0.115. The number of nitrogens with one attached hydrogen (secondary N) is 1. The predicted octanol–water partition coefficient (Wildman–Crippen LogP) is 5.64. The lowest BCUT2D eigenvalue weighted by atomic mass is 10.2. The fraction of sp³-hybridized carbons (Fsp3) is 0.235. The molecular formula is C17H17Cl2NOS. The fourth-order valence-corrected chi connectivity index (χ4v) is 3.44. The van der Waals surface area contributed by atoms with Gasteiger partial charge in [-0.25, -0.2) is 0 Å². The number of rotatable bonds is 6. The van der Waals surface area contributed by atoms with Gasteiger partial charge in [0.05, 0.1) is 16.0 Å². The molecule has 0 saturated carbocycles. The Morgan fingerprint density at radius 1 is 1.18 bits per heavy atom. The maximum absolute atomic E-state index is 12.4. The Morgan fingerprint density at radius 3 is 2.55 bits per heavy atom. The van der Waals surface area contributed by atoms with Crippen molar-refractivity contribution in [2.75, 3.05) is 5.32 Å². The minimum atomic E-state index is -0.119. The molecule has 0 spiro atoms. The summed E-state index contributed by atoms with van der Waals surface area (Å²) in [5.74, 6) is 0.772. The Hall–Kier alpha value is -1.16. The summed E-state index contributed by atoms with van der Waals surface area (Å²) in [5.41, 5.74) is 1.80. The molecule has 2 nitrogen and oxygen atoms in total. The minimum Gasteiger partial charge on any atom is -0.324 e. The van der Waals surface area contributed by atoms with Crippen molar-refractivity contribution in [1.29, 1.82) is 0 Å². The number of hydrogen-bond donors (Lipinski definition) is 1. The highest BCUT2D eigenvalue weighted by Crippen LogP contribution is 2.27. The third kappa shape index (κ3) is 4.94. The lowest BCUT2D eigenvalue weighted by Crippen LogP contribution is -2.24. The Balaban J connectivity index is 1.96. The summed E-state index contributed by atoms with van der Waals surface area (Å²) in [5, 5.41) is 3.75. The molecule has 0 aliphatic carbocycles. The van der Waals surface area contributed by atoms with E-state index in [-0.39, 0.29) is 11.2 Å². The highest BCUT2D eigenvalue weighted by Gasteiger charge is 2.18. The molecule has 0 heterocycles. The zero-order valence-corrected chi connectivity index (χ0v) is 14.5. The first-order valence-corrected chi connectivity index (χ1v) is 8.82. The van der Waals surface area contributed by atoms with Crippen molar-refractivity contribution in [2.45, 2.75) is 24.3 Å². The topological polar surface area (TPSA) is 29.1 Å². The summed E-state index contributed by atoms with van der Waals surface area (Å²) in [6.45, 7) is 2.01. The summed E-state index contributed by atoms with van der Waals surface area (Å²) < 4.78 is 0. The maximum Gasteiger partial charge on any atom is 0.237 e. The highest BCUT2D eigenvalue weighted by molar-refractivity contribution is 7.99. The van der Waals surface area contributed by atoms with Gasteiger partial charge in [0.25, 0.3) is 0 Å². The highest BCUT2D eigenvalue weighted by atomic mass is 35.5. The molecule has 0 radical (unpaired) electrons. The molecule has 0 aliphatic heterocycles. The van der Waals surface area contributed by atoms with E-state index in [0.29, 0.717) is 15.7 Å². The molecule has 22 heavy (non-hydrogen) atoms. The van der Waals surface area contributed by atoms with Crippen molar-refractivity contribution >= 4 is 46.6 Å². The van der Waals surface area contributed by atoms with E-state index in [9.17, 15) is 4.79 Å². The van der Waals surface area contributed by atoms with Crippen LogP contribution in [0.5, 0.6) is 0 Å². The standard InChI is InChI=1S/C17H17Cl2NOS/c1-2-16(22-11-12-6-4-3-5-7-12)17(21)20-15-9-8-13(18)10-14(15)19/h3-10,16H,2,11H2,1H3,(H,20,21). The van der Waals surface area contributed by atoms with Crippen LogP contribution in [0.2, 0.25) is 10.0 Å². The number of amides is 1. The molecule has 2 aromatic rings. The Kier molecular flexibility index (Phi) is 6.62. The summed E-state index contributed by atoms with van der Waals surface area (Å²) >= 11 is 13.6. The average Bonchev–Trinajstić information content (AvgIpc) is 2.52. The van der Waals surface area contributed by atoms with Crippen LogP contribution in [0.3, 0.4) is 0 Å². The summed E-state index contributed by atoms with van der Waals surface area (Å²) in [7, 11) is 0. The van der Waals surface area contributed by atoms with E-state index in [1.165, 1.54) is 5.56 Å². The van der Waals surface area contributed by atoms with Crippen LogP contribution in [-0.2, 0) is 10.5 Å². The van der Waals surface area contributed by atoms with Crippen LogP contribution in [0, 0.1) is 0 Å². The van der Waals surface area contributed by atoms with E-state index in [0.717, 1.165) is 12.2 Å². The molecule has 1 unspecified atom stereocenters. The first-order chi connectivity index (χ1) is 10.6. The van der Waals surface area contributed by atoms with Gasteiger partial charge in [0.2, 0.25) is 5.91 Å². The van der Waals surface area contributed by atoms with Gasteiger partial charge >= 0.3 is 0 Å². The van der Waals surface area contributed by atoms with Crippen molar-refractivity contribution in [2.24, 2.45) is 0 Å². The van der Waals surface area contributed by atoms with E-state index in [1.54, 1.807) is 30.0 Å². The smallest absolute Gasteiger partial charge is 0.237 e. The second-order valence-corrected chi connectivity index (χ2v) is 6.84. The van der Waals surface area contributed by atoms with Crippen molar-refractivity contribution < 1.29 is 4.79 Å². The van der Waals surface area contributed by atoms with Crippen LogP contribution in [-0.4, -0.2) is 11.2 Å². The van der Waals surface area contributed by atoms with Gasteiger partial charge in [-0.2, -0.15) is 0 Å². The monoisotopic (exact) mass is 353 g/mol. The van der Waals surface area contributed by atoms with Crippen LogP contribution >= 0.6 is 35.0 Å². The van der Waals surface area contributed by atoms with Gasteiger partial charge in [0.15, 0.2) is 0 Å². The number of anilines is 1. The zero-order valence-electron chi connectivity index (χ0n) is 12.2. The molecule has 5 heteroatoms. The average molecular weight is 354 g/mol. The maximum atomic E-state index is 12.4. The van der Waals surface area contributed by atoms with Crippen molar-refractivity contribution in [3.63, 3.8) is 0 Å². The van der Waals surface area contributed by atoms with Gasteiger partial charge in [-0.1, -0.05) is 60.5 Å². The molecule has 1 atom stereocenters. The number of halogens is 2. The number of hydrogen-bond acceptors (Lipinski definition) is 2. The second-order valence-electron chi connectivity index (χ2n) is 4.81. The molecule has 0 saturated heterocycles. The zero-order chi connectivity index (χ0) is 15.9. The van der Waals surface area contributed by atoms with Gasteiger partial charge in [-0.3, -0.25) is 4.79 Å². The van der Waals surface area contributed by atoms with Gasteiger partial charge < -0.3 is 5.32 Å². The molecule has 116 valence electrons. The Morgan fingerprint density at radius 2 is 1.91 bits per heavy atom. The summed E-state index contributed by atoms with van der Waals surface area (Å²) in [4.78, 5) is 12.4. The van der Waals surface area contributed by atoms with Crippen molar-refractivity contribution in [1.82, 2.24) is 0 Å². The van der Waals surface area contributed by atoms with E-state index in [2.05, 4.69) is 17.4 Å². The lowest BCUT2D eigenvalue weighted by Gasteiger charge is -2.15. The molecule has 2 aromatic carbocycles. The minimum absolute atomic E-state index is 0.0346. The van der Waals surface area contributed by atoms with Gasteiger partial charge in [0.1, 0.15) is 0 Å². The Labute approximate surface area is 145 Å². The van der Waals surface area contributed by atoms with Crippen LogP contribution in [0.15, 0.2) is 48.5 Å². The molecule has 1 N–H and O–H groups in total. The van der Waals surface area contributed by atoms with Gasteiger partial charge in [-0.15, -0.1) is 11.8 Å². The molecular weight excluding hydrogens is 337 g/mol. The van der Waals surface area contributed by atoms with Crippen LogP contribution in [0.25, 0.3) is 0 Å². The van der Waals surface area contributed by atoms with E-state index in [1.807, 2.05) is 25.1 Å².